The van der Waals surface area contributed by atoms with Gasteiger partial charge in [-0.15, -0.1) is 11.3 Å². The van der Waals surface area contributed by atoms with Crippen LogP contribution in [0, 0.1) is 5.92 Å². The monoisotopic (exact) mass is 255 g/mol. The third-order valence-corrected chi connectivity index (χ3v) is 3.78. The molecule has 1 atom stereocenters. The lowest BCUT2D eigenvalue weighted by molar-refractivity contribution is 0.273. The zero-order chi connectivity index (χ0) is 12.7. The van der Waals surface area contributed by atoms with Crippen molar-refractivity contribution in [2.24, 2.45) is 5.92 Å². The van der Waals surface area contributed by atoms with Crippen LogP contribution in [0.2, 0.25) is 0 Å². The van der Waals surface area contributed by atoms with Gasteiger partial charge in [0.15, 0.2) is 0 Å². The summed E-state index contributed by atoms with van der Waals surface area (Å²) in [4.78, 5) is 7.00. The fourth-order valence-electron chi connectivity index (χ4n) is 1.74. The van der Waals surface area contributed by atoms with Gasteiger partial charge in [-0.05, 0) is 19.5 Å². The Hall–Kier alpha value is -0.450. The summed E-state index contributed by atoms with van der Waals surface area (Å²) >= 11 is 1.76. The van der Waals surface area contributed by atoms with Gasteiger partial charge in [0, 0.05) is 25.0 Å². The summed E-state index contributed by atoms with van der Waals surface area (Å²) in [5.74, 6) is 0.764. The first-order valence-electron chi connectivity index (χ1n) is 6.48. The average molecular weight is 255 g/mol. The Morgan fingerprint density at radius 3 is 2.88 bits per heavy atom. The van der Waals surface area contributed by atoms with Gasteiger partial charge < -0.3 is 10.2 Å². The maximum Gasteiger partial charge on any atom is 0.107 e. The second-order valence-electron chi connectivity index (χ2n) is 4.72. The van der Waals surface area contributed by atoms with Crippen LogP contribution in [0.15, 0.2) is 5.38 Å². The van der Waals surface area contributed by atoms with Crippen molar-refractivity contribution in [2.75, 3.05) is 20.1 Å². The molecule has 0 amide bonds. The van der Waals surface area contributed by atoms with Crippen molar-refractivity contribution >= 4 is 11.3 Å². The predicted octanol–water partition coefficient (Wildman–Crippen LogP) is 2.73. The molecule has 0 spiro atoms. The first-order valence-corrected chi connectivity index (χ1v) is 7.36. The summed E-state index contributed by atoms with van der Waals surface area (Å²) in [5.41, 5.74) is 1.20. The largest absolute Gasteiger partial charge is 0.311 e. The molecule has 4 heteroatoms. The van der Waals surface area contributed by atoms with Crippen molar-refractivity contribution in [3.8, 4) is 0 Å². The summed E-state index contributed by atoms with van der Waals surface area (Å²) in [7, 11) is 2.18. The topological polar surface area (TPSA) is 28.2 Å². The third kappa shape index (κ3) is 5.61. The van der Waals surface area contributed by atoms with E-state index >= 15 is 0 Å². The second kappa shape index (κ2) is 7.80. The van der Waals surface area contributed by atoms with Crippen molar-refractivity contribution in [1.82, 2.24) is 15.2 Å². The highest BCUT2D eigenvalue weighted by molar-refractivity contribution is 7.09. The summed E-state index contributed by atoms with van der Waals surface area (Å²) in [6.45, 7) is 10.7. The summed E-state index contributed by atoms with van der Waals surface area (Å²) in [5, 5.41) is 6.68. The molecule has 0 aromatic carbocycles. The molecular weight excluding hydrogens is 230 g/mol. The number of aromatic nitrogens is 1. The minimum atomic E-state index is 0.764. The number of thiazole rings is 1. The normalized spacial score (nSPS) is 13.2. The molecule has 17 heavy (non-hydrogen) atoms. The Morgan fingerprint density at radius 1 is 1.47 bits per heavy atom. The maximum absolute atomic E-state index is 4.64. The first-order chi connectivity index (χ1) is 8.15. The van der Waals surface area contributed by atoms with Gasteiger partial charge in [-0.25, -0.2) is 4.98 Å². The molecule has 0 fully saturated rings. The van der Waals surface area contributed by atoms with E-state index in [-0.39, 0.29) is 0 Å². The standard InChI is InChI=1S/C13H25N3S/c1-5-11(3)8-16(4)9-12-10-17-13(15-12)7-14-6-2/h10-11,14H,5-9H2,1-4H3. The minimum absolute atomic E-state index is 0.764. The van der Waals surface area contributed by atoms with Crippen molar-refractivity contribution in [2.45, 2.75) is 40.3 Å². The lowest BCUT2D eigenvalue weighted by Gasteiger charge is -2.19. The van der Waals surface area contributed by atoms with Crippen LogP contribution in [0.1, 0.15) is 37.9 Å². The van der Waals surface area contributed by atoms with Gasteiger partial charge in [0.05, 0.1) is 5.69 Å². The quantitative estimate of drug-likeness (QED) is 0.774. The number of hydrogen-bond donors (Lipinski definition) is 1. The van der Waals surface area contributed by atoms with Gasteiger partial charge >= 0.3 is 0 Å². The zero-order valence-electron chi connectivity index (χ0n) is 11.5. The Labute approximate surface area is 109 Å². The number of nitrogens with one attached hydrogen (secondary N) is 1. The predicted molar refractivity (Wildman–Crippen MR) is 75.3 cm³/mol. The van der Waals surface area contributed by atoms with E-state index in [0.717, 1.165) is 32.1 Å². The number of rotatable bonds is 8. The Kier molecular flexibility index (Phi) is 6.70. The highest BCUT2D eigenvalue weighted by Crippen LogP contribution is 2.12. The van der Waals surface area contributed by atoms with Crippen LogP contribution >= 0.6 is 11.3 Å². The van der Waals surface area contributed by atoms with Crippen molar-refractivity contribution in [1.29, 1.82) is 0 Å². The molecule has 1 N–H and O–H groups in total. The van der Waals surface area contributed by atoms with Gasteiger partial charge in [-0.1, -0.05) is 27.2 Å². The molecule has 1 aromatic heterocycles. The summed E-state index contributed by atoms with van der Waals surface area (Å²) in [6, 6.07) is 0. The summed E-state index contributed by atoms with van der Waals surface area (Å²) < 4.78 is 0. The van der Waals surface area contributed by atoms with Crippen molar-refractivity contribution in [3.63, 3.8) is 0 Å². The van der Waals surface area contributed by atoms with E-state index in [1.807, 2.05) is 0 Å². The fourth-order valence-corrected chi connectivity index (χ4v) is 2.49. The van der Waals surface area contributed by atoms with E-state index in [4.69, 9.17) is 0 Å². The smallest absolute Gasteiger partial charge is 0.107 e. The molecule has 0 radical (unpaired) electrons. The minimum Gasteiger partial charge on any atom is -0.311 e. The molecule has 0 bridgehead atoms. The molecule has 0 aliphatic carbocycles. The molecule has 0 aliphatic rings. The van der Waals surface area contributed by atoms with Gasteiger partial charge in [0.2, 0.25) is 0 Å². The van der Waals surface area contributed by atoms with E-state index in [9.17, 15) is 0 Å². The average Bonchev–Trinajstić information content (AvgIpc) is 2.73. The van der Waals surface area contributed by atoms with Gasteiger partial charge in [0.1, 0.15) is 5.01 Å². The molecule has 98 valence electrons. The summed E-state index contributed by atoms with van der Waals surface area (Å²) in [6.07, 6.45) is 1.24. The van der Waals surface area contributed by atoms with Crippen molar-refractivity contribution < 1.29 is 0 Å². The van der Waals surface area contributed by atoms with Crippen LogP contribution in [0.4, 0.5) is 0 Å². The molecule has 0 saturated carbocycles. The van der Waals surface area contributed by atoms with E-state index in [0.29, 0.717) is 0 Å². The first kappa shape index (κ1) is 14.6. The van der Waals surface area contributed by atoms with Crippen LogP contribution in [0.5, 0.6) is 0 Å². The molecule has 0 saturated heterocycles. The molecule has 3 nitrogen and oxygen atoms in total. The van der Waals surface area contributed by atoms with Crippen LogP contribution in [0.25, 0.3) is 0 Å². The van der Waals surface area contributed by atoms with Gasteiger partial charge in [-0.2, -0.15) is 0 Å². The van der Waals surface area contributed by atoms with Gasteiger partial charge in [-0.3, -0.25) is 0 Å². The zero-order valence-corrected chi connectivity index (χ0v) is 12.3. The van der Waals surface area contributed by atoms with Crippen LogP contribution in [-0.2, 0) is 13.1 Å². The second-order valence-corrected chi connectivity index (χ2v) is 5.67. The number of nitrogens with zero attached hydrogens (tertiary/aromatic N) is 2. The Morgan fingerprint density at radius 2 is 2.24 bits per heavy atom. The SMILES string of the molecule is CCNCc1nc(CN(C)CC(C)CC)cs1. The molecule has 1 heterocycles. The number of hydrogen-bond acceptors (Lipinski definition) is 4. The highest BCUT2D eigenvalue weighted by Gasteiger charge is 2.07. The lowest BCUT2D eigenvalue weighted by atomic mass is 10.1. The molecule has 0 aliphatic heterocycles. The molecular formula is C13H25N3S. The van der Waals surface area contributed by atoms with Crippen LogP contribution in [-0.4, -0.2) is 30.0 Å². The molecule has 1 rings (SSSR count). The van der Waals surface area contributed by atoms with Crippen LogP contribution in [0.3, 0.4) is 0 Å². The van der Waals surface area contributed by atoms with E-state index in [1.54, 1.807) is 11.3 Å². The Bertz CT molecular complexity index is 311. The van der Waals surface area contributed by atoms with Gasteiger partial charge in [0.25, 0.3) is 0 Å². The van der Waals surface area contributed by atoms with E-state index in [1.165, 1.54) is 17.1 Å². The molecule has 1 aromatic rings. The fraction of sp³-hybridized carbons (Fsp3) is 0.769. The highest BCUT2D eigenvalue weighted by atomic mass is 32.1. The maximum atomic E-state index is 4.64. The lowest BCUT2D eigenvalue weighted by Crippen LogP contribution is -2.23. The van der Waals surface area contributed by atoms with Crippen molar-refractivity contribution in [3.05, 3.63) is 16.1 Å². The molecule has 1 unspecified atom stereocenters. The van der Waals surface area contributed by atoms with Crippen LogP contribution < -0.4 is 5.32 Å². The third-order valence-electron chi connectivity index (χ3n) is 2.88. The van der Waals surface area contributed by atoms with E-state index in [2.05, 4.69) is 48.4 Å². The Balaban J connectivity index is 2.37. The van der Waals surface area contributed by atoms with E-state index < -0.39 is 0 Å².